The van der Waals surface area contributed by atoms with Crippen molar-refractivity contribution in [2.45, 2.75) is 218 Å². The quantitative estimate of drug-likeness (QED) is 0.166. The summed E-state index contributed by atoms with van der Waals surface area (Å²) in [5, 5.41) is 29.6. The summed E-state index contributed by atoms with van der Waals surface area (Å²) in [6.07, 6.45) is 22.0. The van der Waals surface area contributed by atoms with Gasteiger partial charge >= 0.3 is 0 Å². The van der Waals surface area contributed by atoms with Crippen molar-refractivity contribution in [1.29, 1.82) is 0 Å². The number of H-pyrrole nitrogens is 1. The highest BCUT2D eigenvalue weighted by molar-refractivity contribution is 6.02. The van der Waals surface area contributed by atoms with E-state index in [-0.39, 0.29) is 45.9 Å². The molecule has 12 rings (SSSR count). The fourth-order valence-electron chi connectivity index (χ4n) is 18.9. The molecule has 9 aliphatic rings. The molecule has 12 atom stereocenters. The third-order valence-corrected chi connectivity index (χ3v) is 22.6. The largest absolute Gasteiger partial charge is 0.392 e. The average molecular weight is 956 g/mol. The second kappa shape index (κ2) is 17.0. The Hall–Kier alpha value is -3.08. The Morgan fingerprint density at radius 2 is 1.60 bits per heavy atom. The maximum Gasteiger partial charge on any atom is 0.160 e. The summed E-state index contributed by atoms with van der Waals surface area (Å²) in [5.74, 6) is 1.59. The second-order valence-corrected chi connectivity index (χ2v) is 26.7. The zero-order chi connectivity index (χ0) is 48.8. The van der Waals surface area contributed by atoms with E-state index in [1.54, 1.807) is 0 Å². The van der Waals surface area contributed by atoms with Crippen LogP contribution in [0.5, 0.6) is 0 Å². The smallest absolute Gasteiger partial charge is 0.160 e. The second-order valence-electron chi connectivity index (χ2n) is 26.7. The van der Waals surface area contributed by atoms with E-state index in [1.165, 1.54) is 76.5 Å². The van der Waals surface area contributed by atoms with Crippen molar-refractivity contribution in [3.05, 3.63) is 69.6 Å². The first-order chi connectivity index (χ1) is 33.4. The summed E-state index contributed by atoms with van der Waals surface area (Å²) in [6, 6.07) is 7.93. The Kier molecular flexibility index (Phi) is 11.6. The number of benzene rings is 1. The van der Waals surface area contributed by atoms with Crippen LogP contribution in [-0.4, -0.2) is 81.5 Å². The lowest BCUT2D eigenvalue weighted by atomic mass is 9.33. The average Bonchev–Trinajstić information content (AvgIpc) is 3.58. The van der Waals surface area contributed by atoms with Crippen molar-refractivity contribution < 1.29 is 29.3 Å². The van der Waals surface area contributed by atoms with Crippen LogP contribution in [0.15, 0.2) is 41.7 Å². The number of aliphatic hydroxyl groups excluding tert-OH is 2. The number of hydrogen-bond donors (Lipinski definition) is 4. The van der Waals surface area contributed by atoms with Gasteiger partial charge in [0.2, 0.25) is 0 Å². The lowest BCUT2D eigenvalue weighted by molar-refractivity contribution is -0.227. The van der Waals surface area contributed by atoms with E-state index < -0.39 is 28.6 Å². The van der Waals surface area contributed by atoms with Crippen LogP contribution in [0.25, 0.3) is 11.0 Å². The van der Waals surface area contributed by atoms with Gasteiger partial charge in [-0.15, -0.1) is 0 Å². The number of aliphatic hydroxyl groups is 2. The number of aromatic nitrogens is 2. The SMILES string of the molecule is CNC1CCCC2(C1)C(=O)CCC1(C)C2CCC2(C)C1C(O)C1Cn3cc(Cc4cc(C5CCCCC5)cc(C5CCOCC5)c4)c4[nH]cc(c43)CCC(C)(CC(O)C3OC3(C)C)C3=C1C2(C)CC3=O. The van der Waals surface area contributed by atoms with Crippen molar-refractivity contribution in [1.82, 2.24) is 14.9 Å². The number of Topliss-reactive ketones (excluding diaryl/α,β-unsaturated/α-hetero) is 2. The van der Waals surface area contributed by atoms with Gasteiger partial charge in [0.25, 0.3) is 0 Å². The van der Waals surface area contributed by atoms with Crippen molar-refractivity contribution in [3.63, 3.8) is 0 Å². The predicted octanol–water partition coefficient (Wildman–Crippen LogP) is 11.2. The van der Waals surface area contributed by atoms with Gasteiger partial charge in [-0.2, -0.15) is 0 Å². The fourth-order valence-corrected chi connectivity index (χ4v) is 18.9. The van der Waals surface area contributed by atoms with Crippen LogP contribution in [0.2, 0.25) is 0 Å². The van der Waals surface area contributed by atoms with Crippen molar-refractivity contribution in [3.8, 4) is 0 Å². The van der Waals surface area contributed by atoms with Crippen LogP contribution >= 0.6 is 0 Å². The standard InChI is InChI=1S/C61H85N3O6/c1-56(2)55(70-56)46(66)31-57(3)21-15-39-33-63-51-42(28-36-26-40(37-12-9-8-10-13-37)29-41(27-36)38-18-24-69-25-19-38)34-64(52(39)51)35-44-49-50(57)45(65)32-60(49,6)59(5)23-16-47-58(4,54(59)53(44)68)22-17-48(67)61(47)20-11-14-43(30-61)62-7/h26-27,29,33-34,37-38,43-44,46-47,53-55,62-63,66,68H,8-25,28,30-32,35H2,1-7H3. The Bertz CT molecular complexity index is 2560. The van der Waals surface area contributed by atoms with E-state index in [9.17, 15) is 15.0 Å². The molecule has 1 aromatic carbocycles. The molecule has 5 saturated carbocycles. The van der Waals surface area contributed by atoms with Crippen molar-refractivity contribution >= 4 is 22.6 Å². The minimum Gasteiger partial charge on any atom is -0.392 e. The number of hydrogen-bond acceptors (Lipinski definition) is 7. The van der Waals surface area contributed by atoms with Crippen molar-refractivity contribution in [2.75, 3.05) is 20.3 Å². The number of fused-ring (bicyclic) bond motifs is 5. The molecule has 4 N–H and O–H groups in total. The number of nitrogens with zero attached hydrogens (tertiary/aromatic N) is 1. The topological polar surface area (TPSA) is 129 Å². The first-order valence-corrected chi connectivity index (χ1v) is 28.4. The molecule has 0 bridgehead atoms. The number of ether oxygens (including phenoxy) is 2. The highest BCUT2D eigenvalue weighted by Crippen LogP contribution is 2.76. The molecule has 12 unspecified atom stereocenters. The number of aromatic amines is 1. The lowest BCUT2D eigenvalue weighted by Crippen LogP contribution is -2.69. The van der Waals surface area contributed by atoms with E-state index in [0.29, 0.717) is 55.9 Å². The van der Waals surface area contributed by atoms with Gasteiger partial charge in [0.15, 0.2) is 5.78 Å². The maximum absolute atomic E-state index is 15.5. The number of allylic oxidation sites excluding steroid dienone is 1. The first kappa shape index (κ1) is 47.9. The summed E-state index contributed by atoms with van der Waals surface area (Å²) < 4.78 is 14.5. The van der Waals surface area contributed by atoms with Crippen LogP contribution in [-0.2, 0) is 38.4 Å². The molecule has 2 saturated heterocycles. The molecule has 0 radical (unpaired) electrons. The molecule has 0 amide bonds. The third kappa shape index (κ3) is 7.20. The highest BCUT2D eigenvalue weighted by Gasteiger charge is 2.73. The normalized spacial score (nSPS) is 40.3. The number of rotatable bonds is 8. The van der Waals surface area contributed by atoms with Gasteiger partial charge in [-0.25, -0.2) is 0 Å². The maximum atomic E-state index is 15.5. The van der Waals surface area contributed by atoms with Gasteiger partial charge in [-0.3, -0.25) is 9.59 Å². The number of ketones is 2. The van der Waals surface area contributed by atoms with Gasteiger partial charge in [-0.05, 0) is 178 Å². The molecule has 9 heteroatoms. The van der Waals surface area contributed by atoms with Gasteiger partial charge in [0.05, 0.1) is 28.8 Å². The Morgan fingerprint density at radius 3 is 2.31 bits per heavy atom. The minimum atomic E-state index is -0.717. The summed E-state index contributed by atoms with van der Waals surface area (Å²) in [6.45, 7) is 15.9. The zero-order valence-electron chi connectivity index (χ0n) is 43.8. The molecule has 6 aliphatic carbocycles. The fraction of sp³-hybridized carbons (Fsp3) is 0.738. The summed E-state index contributed by atoms with van der Waals surface area (Å²) >= 11 is 0. The number of epoxide rings is 1. The number of carbonyl (C=O) groups excluding carboxylic acids is 2. The zero-order valence-corrected chi connectivity index (χ0v) is 43.8. The Balaban J connectivity index is 0.994. The summed E-state index contributed by atoms with van der Waals surface area (Å²) in [7, 11) is 2.06. The Labute approximate surface area is 418 Å². The van der Waals surface area contributed by atoms with Crippen LogP contribution in [0.1, 0.15) is 197 Å². The van der Waals surface area contributed by atoms with Crippen LogP contribution < -0.4 is 5.32 Å². The molecule has 380 valence electrons. The van der Waals surface area contributed by atoms with Gasteiger partial charge in [0.1, 0.15) is 11.9 Å². The molecule has 2 aromatic heterocycles. The summed E-state index contributed by atoms with van der Waals surface area (Å²) in [5.41, 5.74) is 8.84. The number of carbonyl (C=O) groups is 2. The first-order valence-electron chi connectivity index (χ1n) is 28.4. The van der Waals surface area contributed by atoms with Crippen LogP contribution in [0.4, 0.5) is 0 Å². The van der Waals surface area contributed by atoms with E-state index in [2.05, 4.69) is 94.1 Å². The molecule has 9 nitrogen and oxygen atoms in total. The monoisotopic (exact) mass is 956 g/mol. The van der Waals surface area contributed by atoms with E-state index >= 15 is 4.79 Å². The minimum absolute atomic E-state index is 0.0904. The van der Waals surface area contributed by atoms with Gasteiger partial charge < -0.3 is 34.6 Å². The molecule has 70 heavy (non-hydrogen) atoms. The summed E-state index contributed by atoms with van der Waals surface area (Å²) in [4.78, 5) is 33.9. The molecular weight excluding hydrogens is 871 g/mol. The molecule has 7 fully saturated rings. The lowest BCUT2D eigenvalue weighted by Gasteiger charge is -2.71. The van der Waals surface area contributed by atoms with E-state index in [0.717, 1.165) is 89.4 Å². The van der Waals surface area contributed by atoms with Crippen molar-refractivity contribution in [2.24, 2.45) is 44.8 Å². The third-order valence-electron chi connectivity index (χ3n) is 22.6. The number of nitrogens with one attached hydrogen (secondary N) is 2. The number of aryl methyl sites for hydroxylation is 1. The van der Waals surface area contributed by atoms with E-state index in [1.807, 2.05) is 0 Å². The predicted molar refractivity (Wildman–Crippen MR) is 275 cm³/mol. The van der Waals surface area contributed by atoms with E-state index in [4.69, 9.17) is 9.47 Å². The van der Waals surface area contributed by atoms with Gasteiger partial charge in [-0.1, -0.05) is 71.6 Å². The molecule has 3 aromatic rings. The molecule has 5 heterocycles. The van der Waals surface area contributed by atoms with Gasteiger partial charge in [0, 0.05) is 79.8 Å². The van der Waals surface area contributed by atoms with Crippen LogP contribution in [0, 0.1) is 44.8 Å². The molecule has 1 spiro atoms. The van der Waals surface area contributed by atoms with Crippen LogP contribution in [0.3, 0.4) is 0 Å². The Morgan fingerprint density at radius 1 is 0.871 bits per heavy atom. The highest BCUT2D eigenvalue weighted by atomic mass is 16.6. The molecule has 3 aliphatic heterocycles. The molecular formula is C61H85N3O6.